The van der Waals surface area contributed by atoms with Crippen molar-refractivity contribution in [2.75, 3.05) is 0 Å². The van der Waals surface area contributed by atoms with Crippen molar-refractivity contribution in [2.45, 2.75) is 0 Å². The van der Waals surface area contributed by atoms with Crippen LogP contribution in [0, 0.1) is 0 Å². The Morgan fingerprint density at radius 3 is 0.755 bits per heavy atom. The second-order valence-electron chi connectivity index (χ2n) is 10.4. The van der Waals surface area contributed by atoms with Crippen molar-refractivity contribution in [3.05, 3.63) is 143 Å². The van der Waals surface area contributed by atoms with Gasteiger partial charge in [0.2, 0.25) is 0 Å². The number of halogens is 2. The molecule has 0 saturated heterocycles. The van der Waals surface area contributed by atoms with Gasteiger partial charge in [-0.15, -0.1) is 22.7 Å². The summed E-state index contributed by atoms with van der Waals surface area (Å²) in [5.41, 5.74) is 10.6. The summed E-state index contributed by atoms with van der Waals surface area (Å²) in [4.78, 5) is 18.0. The summed E-state index contributed by atoms with van der Waals surface area (Å²) in [6.45, 7) is 0. The van der Waals surface area contributed by atoms with Gasteiger partial charge >= 0.3 is 58.4 Å². The first-order valence-electron chi connectivity index (χ1n) is 14.2. The Bertz CT molecular complexity index is 2110. The Morgan fingerprint density at radius 1 is 0.306 bits per heavy atom. The van der Waals surface area contributed by atoms with Gasteiger partial charge in [-0.2, -0.15) is 22.7 Å². The van der Waals surface area contributed by atoms with E-state index in [-0.39, 0.29) is 83.2 Å². The fourth-order valence-corrected chi connectivity index (χ4v) is 5.89. The Hall–Kier alpha value is -3.83. The zero-order valence-corrected chi connectivity index (χ0v) is 31.7. The van der Waals surface area contributed by atoms with E-state index in [1.54, 1.807) is 24.8 Å². The van der Waals surface area contributed by atoms with E-state index >= 15 is 0 Å². The first-order valence-corrected chi connectivity index (χ1v) is 14.2. The number of hydrogen-bond acceptors (Lipinski definition) is 4. The minimum Gasteiger partial charge on any atom is -1.00 e. The van der Waals surface area contributed by atoms with Crippen LogP contribution in [0.2, 0.25) is 0 Å². The van der Waals surface area contributed by atoms with Crippen LogP contribution in [-0.2, 0) is 58.4 Å². The van der Waals surface area contributed by atoms with Crippen molar-refractivity contribution in [3.8, 4) is 0 Å². The molecular weight excluding hydrogens is 919 g/mol. The molecule has 0 saturated carbocycles. The van der Waals surface area contributed by atoms with E-state index < -0.39 is 0 Å². The van der Waals surface area contributed by atoms with Crippen LogP contribution in [0.1, 0.15) is 0 Å². The third kappa shape index (κ3) is 6.47. The van der Waals surface area contributed by atoms with Crippen molar-refractivity contribution in [3.63, 3.8) is 0 Å². The normalized spacial score (nSPS) is 11.1. The Kier molecular flexibility index (Phi) is 12.3. The van der Waals surface area contributed by atoms with Crippen molar-refractivity contribution >= 4 is 89.1 Å². The summed E-state index contributed by atoms with van der Waals surface area (Å²) in [6.07, 6.45) is 7.15. The monoisotopic (exact) mass is 940 g/mol. The second kappa shape index (κ2) is 15.8. The predicted molar refractivity (Wildman–Crippen MR) is 178 cm³/mol. The number of nitrogens with zero attached hydrogens (tertiary/aromatic N) is 8. The summed E-state index contributed by atoms with van der Waals surface area (Å²) in [6, 6.07) is 31.7. The number of aromatic nitrogens is 4. The summed E-state index contributed by atoms with van der Waals surface area (Å²) >= 11 is 0. The van der Waals surface area contributed by atoms with Crippen LogP contribution in [0.3, 0.4) is 0 Å². The molecule has 8 aromatic rings. The fraction of sp³-hybridized carbons (Fsp3) is 0. The smallest absolute Gasteiger partial charge is 1.00 e. The van der Waals surface area contributed by atoms with E-state index in [0.29, 0.717) is 0 Å². The summed E-state index contributed by atoms with van der Waals surface area (Å²) in [7, 11) is 0. The minimum absolute atomic E-state index is 0. The number of pyridine rings is 4. The van der Waals surface area contributed by atoms with Crippen molar-refractivity contribution in [2.24, 2.45) is 0 Å². The zero-order chi connectivity index (χ0) is 29.0. The molecule has 242 valence electrons. The Balaban J connectivity index is 0.000000200. The number of hydrogen-bond donors (Lipinski definition) is 0. The number of para-hydroxylation sites is 4. The molecule has 0 fully saturated rings. The number of benzene rings is 4. The molecule has 6 heterocycles. The van der Waals surface area contributed by atoms with Gasteiger partial charge in [0.15, 0.2) is 0 Å². The first-order chi connectivity index (χ1) is 21.8. The summed E-state index contributed by atoms with van der Waals surface area (Å²) in [5.74, 6) is 0. The average Bonchev–Trinajstić information content (AvgIpc) is 3.11. The quantitative estimate of drug-likeness (QED) is 0.147. The molecule has 2 aliphatic heterocycles. The maximum absolute atomic E-state index is 4.83. The van der Waals surface area contributed by atoms with Gasteiger partial charge in [0.05, 0.1) is 22.1 Å². The average molecular weight is 939 g/mol. The van der Waals surface area contributed by atoms with Crippen LogP contribution in [-0.4, -0.2) is 19.9 Å². The molecule has 8 nitrogen and oxygen atoms in total. The van der Waals surface area contributed by atoms with Crippen LogP contribution in [0.4, 0.5) is 45.5 Å². The predicted octanol–water partition coefficient (Wildman–Crippen LogP) is 5.54. The van der Waals surface area contributed by atoms with Gasteiger partial charge in [-0.25, -0.2) is 0 Å². The van der Waals surface area contributed by atoms with E-state index in [1.807, 2.05) is 97.1 Å². The fourth-order valence-electron chi connectivity index (χ4n) is 5.89. The molecule has 10 rings (SSSR count). The van der Waals surface area contributed by atoms with E-state index in [0.717, 1.165) is 89.1 Å². The molecule has 4 aromatic heterocycles. The van der Waals surface area contributed by atoms with Crippen LogP contribution in [0.5, 0.6) is 0 Å². The van der Waals surface area contributed by atoms with Gasteiger partial charge in [-0.05, 0) is 45.8 Å². The Labute approximate surface area is 332 Å². The summed E-state index contributed by atoms with van der Waals surface area (Å²) in [5, 5.41) is 23.3. The molecule has 0 radical (unpaired) electrons. The third-order valence-electron chi connectivity index (χ3n) is 7.84. The molecule has 0 aliphatic carbocycles. The van der Waals surface area contributed by atoms with E-state index in [9.17, 15) is 0 Å². The van der Waals surface area contributed by atoms with Crippen LogP contribution in [0.25, 0.3) is 64.9 Å². The van der Waals surface area contributed by atoms with Gasteiger partial charge in [-0.1, -0.05) is 72.8 Å². The number of rotatable bonds is 0. The van der Waals surface area contributed by atoms with Crippen molar-refractivity contribution in [1.82, 2.24) is 19.9 Å². The van der Waals surface area contributed by atoms with Crippen LogP contribution >= 0.6 is 0 Å². The molecule has 0 amide bonds. The molecule has 2 aliphatic rings. The molecule has 0 bridgehead atoms. The zero-order valence-electron chi connectivity index (χ0n) is 24.9. The molecule has 49 heavy (non-hydrogen) atoms. The third-order valence-corrected chi connectivity index (χ3v) is 7.84. The maximum atomic E-state index is 4.83. The van der Waals surface area contributed by atoms with Gasteiger partial charge < -0.3 is 46.1 Å². The maximum Gasteiger partial charge on any atom is 2.00 e. The van der Waals surface area contributed by atoms with Gasteiger partial charge in [0, 0.05) is 24.8 Å². The molecule has 0 unspecified atom stereocenters. The van der Waals surface area contributed by atoms with Gasteiger partial charge in [0.1, 0.15) is 0 Å². The van der Waals surface area contributed by atoms with Gasteiger partial charge in [-0.3, -0.25) is 19.9 Å². The molecule has 0 spiro atoms. The van der Waals surface area contributed by atoms with E-state index in [4.69, 9.17) is 21.3 Å². The van der Waals surface area contributed by atoms with Crippen LogP contribution < -0.4 is 24.8 Å². The van der Waals surface area contributed by atoms with Crippen LogP contribution in [0.15, 0.2) is 122 Å². The van der Waals surface area contributed by atoms with Crippen molar-refractivity contribution in [1.29, 1.82) is 0 Å². The van der Waals surface area contributed by atoms with E-state index in [2.05, 4.69) is 19.9 Å². The topological polar surface area (TPSA) is 108 Å². The Morgan fingerprint density at radius 2 is 0.531 bits per heavy atom. The molecular formula is C36H20Cl2N8Ru3. The van der Waals surface area contributed by atoms with Crippen molar-refractivity contribution < 1.29 is 83.2 Å². The largest absolute Gasteiger partial charge is 2.00 e. The molecule has 4 aromatic carbocycles. The first kappa shape index (κ1) is 38.0. The standard InChI is InChI=1S/2C18H10N4.2ClH.3Ru/c2*1-2-8-14-13(7-1)21-17-11-5-3-9-19-15(11)16-12(18(17)22-14)6-4-10-20-16;;;;;/h2*1-10H;2*1H;;;/q2*-2;;;3*+2/p-2. The molecule has 0 atom stereocenters. The van der Waals surface area contributed by atoms with E-state index in [1.165, 1.54) is 0 Å². The molecule has 13 heteroatoms. The summed E-state index contributed by atoms with van der Waals surface area (Å²) < 4.78 is 0. The second-order valence-corrected chi connectivity index (χ2v) is 10.4. The van der Waals surface area contributed by atoms with Gasteiger partial charge in [0.25, 0.3) is 0 Å². The SMILES string of the molecule is [Cl-].[Cl-].[Ru+2].[Ru+2].[Ru+2].c1ccc2c(c1)[N-]c1c(c3cccnc3c3ncccc13)[N-]2.c1ccc2c(c1)[N-]c1c(c3cccnc3c3ncccc13)[N-]2. The minimum atomic E-state index is 0. The molecule has 0 N–H and O–H groups in total. The number of fused-ring (bicyclic) bond motifs is 14.